The normalized spacial score (nSPS) is 17.9. The second kappa shape index (κ2) is 8.94. The standard InChI is InChI=1S/C15H27NO3/c1-2-3-4-8-11-13(15(18)19)16-14(17)12-9-6-5-7-10-12/h12-13H,2-11H2,1H3,(H,16,17)(H,18,19). The molecule has 4 nitrogen and oxygen atoms in total. The van der Waals surface area contributed by atoms with E-state index in [-0.39, 0.29) is 11.8 Å². The maximum absolute atomic E-state index is 12.0. The third kappa shape index (κ3) is 6.08. The van der Waals surface area contributed by atoms with Crippen molar-refractivity contribution in [2.45, 2.75) is 77.2 Å². The molecule has 0 heterocycles. The van der Waals surface area contributed by atoms with Crippen molar-refractivity contribution in [2.24, 2.45) is 5.92 Å². The highest BCUT2D eigenvalue weighted by Gasteiger charge is 2.25. The number of aliphatic carboxylic acids is 1. The van der Waals surface area contributed by atoms with Crippen molar-refractivity contribution in [3.05, 3.63) is 0 Å². The molecule has 0 bridgehead atoms. The summed E-state index contributed by atoms with van der Waals surface area (Å²) in [6, 6.07) is -0.703. The molecular formula is C15H27NO3. The Bertz CT molecular complexity index is 285. The van der Waals surface area contributed by atoms with Crippen LogP contribution in [-0.2, 0) is 9.59 Å². The smallest absolute Gasteiger partial charge is 0.326 e. The van der Waals surface area contributed by atoms with Gasteiger partial charge in [0, 0.05) is 5.92 Å². The van der Waals surface area contributed by atoms with Crippen LogP contribution < -0.4 is 5.32 Å². The van der Waals surface area contributed by atoms with Crippen molar-refractivity contribution >= 4 is 11.9 Å². The highest BCUT2D eigenvalue weighted by molar-refractivity contribution is 5.84. The molecule has 0 radical (unpaired) electrons. The van der Waals surface area contributed by atoms with Crippen LogP contribution in [0.4, 0.5) is 0 Å². The molecule has 110 valence electrons. The predicted molar refractivity (Wildman–Crippen MR) is 74.9 cm³/mol. The molecular weight excluding hydrogens is 242 g/mol. The largest absolute Gasteiger partial charge is 0.480 e. The van der Waals surface area contributed by atoms with Crippen molar-refractivity contribution in [2.75, 3.05) is 0 Å². The van der Waals surface area contributed by atoms with Gasteiger partial charge in [0.25, 0.3) is 0 Å². The molecule has 0 aromatic heterocycles. The number of carboxylic acid groups (broad SMARTS) is 1. The van der Waals surface area contributed by atoms with Gasteiger partial charge in [0.2, 0.25) is 5.91 Å². The maximum atomic E-state index is 12.0. The minimum Gasteiger partial charge on any atom is -0.480 e. The van der Waals surface area contributed by atoms with Crippen LogP contribution in [-0.4, -0.2) is 23.0 Å². The first kappa shape index (κ1) is 16.0. The van der Waals surface area contributed by atoms with E-state index < -0.39 is 12.0 Å². The highest BCUT2D eigenvalue weighted by Crippen LogP contribution is 2.23. The Labute approximate surface area is 116 Å². The van der Waals surface area contributed by atoms with Crippen molar-refractivity contribution in [3.63, 3.8) is 0 Å². The SMILES string of the molecule is CCCCCCC(NC(=O)C1CCCCC1)C(=O)O. The molecule has 0 aromatic rings. The molecule has 4 heteroatoms. The lowest BCUT2D eigenvalue weighted by atomic mass is 9.88. The molecule has 1 atom stereocenters. The Balaban J connectivity index is 2.34. The number of unbranched alkanes of at least 4 members (excludes halogenated alkanes) is 3. The second-order valence-corrected chi connectivity index (χ2v) is 5.58. The Hall–Kier alpha value is -1.06. The zero-order valence-electron chi connectivity index (χ0n) is 12.0. The van der Waals surface area contributed by atoms with Gasteiger partial charge in [-0.05, 0) is 19.3 Å². The number of carbonyl (C=O) groups excluding carboxylic acids is 1. The van der Waals surface area contributed by atoms with E-state index in [1.165, 1.54) is 6.42 Å². The molecule has 1 amide bonds. The van der Waals surface area contributed by atoms with E-state index in [1.807, 2.05) is 0 Å². The Morgan fingerprint density at radius 3 is 2.42 bits per heavy atom. The molecule has 0 saturated heterocycles. The van der Waals surface area contributed by atoms with Gasteiger partial charge in [0.1, 0.15) is 6.04 Å². The summed E-state index contributed by atoms with van der Waals surface area (Å²) in [6.45, 7) is 2.12. The first-order chi connectivity index (χ1) is 9.15. The number of amides is 1. The second-order valence-electron chi connectivity index (χ2n) is 5.58. The average Bonchev–Trinajstić information content (AvgIpc) is 2.42. The van der Waals surface area contributed by atoms with Crippen LogP contribution in [0.1, 0.15) is 71.1 Å². The molecule has 0 spiro atoms. The zero-order chi connectivity index (χ0) is 14.1. The lowest BCUT2D eigenvalue weighted by molar-refractivity contribution is -0.142. The number of hydrogen-bond acceptors (Lipinski definition) is 2. The van der Waals surface area contributed by atoms with Gasteiger partial charge in [-0.1, -0.05) is 51.9 Å². The summed E-state index contributed by atoms with van der Waals surface area (Å²) in [6.07, 6.45) is 9.92. The van der Waals surface area contributed by atoms with Crippen molar-refractivity contribution in [1.82, 2.24) is 5.32 Å². The highest BCUT2D eigenvalue weighted by atomic mass is 16.4. The molecule has 1 saturated carbocycles. The summed E-state index contributed by atoms with van der Waals surface area (Å²) in [5, 5.41) is 11.9. The van der Waals surface area contributed by atoms with Crippen LogP contribution in [0, 0.1) is 5.92 Å². The molecule has 0 aliphatic heterocycles. The van der Waals surface area contributed by atoms with Gasteiger partial charge in [0.05, 0.1) is 0 Å². The summed E-state index contributed by atoms with van der Waals surface area (Å²) in [4.78, 5) is 23.2. The Morgan fingerprint density at radius 2 is 1.84 bits per heavy atom. The quantitative estimate of drug-likeness (QED) is 0.665. The number of hydrogen-bond donors (Lipinski definition) is 2. The van der Waals surface area contributed by atoms with Crippen molar-refractivity contribution in [1.29, 1.82) is 0 Å². The van der Waals surface area contributed by atoms with E-state index in [1.54, 1.807) is 0 Å². The van der Waals surface area contributed by atoms with Gasteiger partial charge in [0.15, 0.2) is 0 Å². The molecule has 19 heavy (non-hydrogen) atoms. The van der Waals surface area contributed by atoms with E-state index in [0.29, 0.717) is 6.42 Å². The fraction of sp³-hybridized carbons (Fsp3) is 0.867. The van der Waals surface area contributed by atoms with E-state index in [9.17, 15) is 9.59 Å². The number of nitrogens with one attached hydrogen (secondary N) is 1. The van der Waals surface area contributed by atoms with Crippen LogP contribution in [0.2, 0.25) is 0 Å². The molecule has 2 N–H and O–H groups in total. The minimum atomic E-state index is -0.902. The Morgan fingerprint density at radius 1 is 1.16 bits per heavy atom. The van der Waals surface area contributed by atoms with Gasteiger partial charge in [-0.3, -0.25) is 4.79 Å². The monoisotopic (exact) mass is 269 g/mol. The predicted octanol–water partition coefficient (Wildman–Crippen LogP) is 3.11. The third-order valence-corrected chi connectivity index (χ3v) is 3.94. The third-order valence-electron chi connectivity index (χ3n) is 3.94. The van der Waals surface area contributed by atoms with Gasteiger partial charge in [-0.2, -0.15) is 0 Å². The van der Waals surface area contributed by atoms with E-state index in [0.717, 1.165) is 51.4 Å². The minimum absolute atomic E-state index is 0.0336. The van der Waals surface area contributed by atoms with Crippen molar-refractivity contribution in [3.8, 4) is 0 Å². The van der Waals surface area contributed by atoms with E-state index in [4.69, 9.17) is 5.11 Å². The summed E-state index contributed by atoms with van der Waals surface area (Å²) >= 11 is 0. The molecule has 1 aliphatic rings. The van der Waals surface area contributed by atoms with Gasteiger partial charge in [-0.15, -0.1) is 0 Å². The first-order valence-electron chi connectivity index (χ1n) is 7.68. The molecule has 1 fully saturated rings. The number of rotatable bonds is 8. The molecule has 1 rings (SSSR count). The molecule has 0 aromatic carbocycles. The average molecular weight is 269 g/mol. The fourth-order valence-electron chi connectivity index (χ4n) is 2.69. The summed E-state index contributed by atoms with van der Waals surface area (Å²) < 4.78 is 0. The summed E-state index contributed by atoms with van der Waals surface area (Å²) in [5.41, 5.74) is 0. The van der Waals surface area contributed by atoms with E-state index >= 15 is 0 Å². The Kier molecular flexibility index (Phi) is 7.53. The molecule has 1 unspecified atom stereocenters. The topological polar surface area (TPSA) is 66.4 Å². The maximum Gasteiger partial charge on any atom is 0.326 e. The molecule has 1 aliphatic carbocycles. The lowest BCUT2D eigenvalue weighted by Crippen LogP contribution is -2.44. The zero-order valence-corrected chi connectivity index (χ0v) is 12.0. The van der Waals surface area contributed by atoms with Crippen LogP contribution in [0.15, 0.2) is 0 Å². The number of carboxylic acids is 1. The number of carbonyl (C=O) groups is 2. The fourth-order valence-corrected chi connectivity index (χ4v) is 2.69. The van der Waals surface area contributed by atoms with Crippen LogP contribution in [0.3, 0.4) is 0 Å². The van der Waals surface area contributed by atoms with Crippen molar-refractivity contribution < 1.29 is 14.7 Å². The summed E-state index contributed by atoms with van der Waals surface area (Å²) in [5.74, 6) is -0.922. The first-order valence-corrected chi connectivity index (χ1v) is 7.68. The van der Waals surface area contributed by atoms with Crippen LogP contribution in [0.5, 0.6) is 0 Å². The summed E-state index contributed by atoms with van der Waals surface area (Å²) in [7, 11) is 0. The van der Waals surface area contributed by atoms with Crippen LogP contribution >= 0.6 is 0 Å². The van der Waals surface area contributed by atoms with Gasteiger partial charge >= 0.3 is 5.97 Å². The van der Waals surface area contributed by atoms with Gasteiger partial charge in [-0.25, -0.2) is 4.79 Å². The van der Waals surface area contributed by atoms with Gasteiger partial charge < -0.3 is 10.4 Å². The lowest BCUT2D eigenvalue weighted by Gasteiger charge is -2.23. The van der Waals surface area contributed by atoms with E-state index in [2.05, 4.69) is 12.2 Å². The van der Waals surface area contributed by atoms with Crippen LogP contribution in [0.25, 0.3) is 0 Å².